The van der Waals surface area contributed by atoms with Crippen molar-refractivity contribution in [2.75, 3.05) is 19.6 Å². The molecule has 1 atom stereocenters. The van der Waals surface area contributed by atoms with E-state index in [0.29, 0.717) is 25.9 Å². The average molecular weight is 343 g/mol. The third kappa shape index (κ3) is 3.03. The van der Waals surface area contributed by atoms with Gasteiger partial charge in [0.2, 0.25) is 11.8 Å². The molecule has 1 unspecified atom stereocenters. The highest BCUT2D eigenvalue weighted by molar-refractivity contribution is 5.87. The Kier molecular flexibility index (Phi) is 4.23. The van der Waals surface area contributed by atoms with Crippen molar-refractivity contribution in [3.8, 4) is 0 Å². The van der Waals surface area contributed by atoms with E-state index in [9.17, 15) is 14.7 Å². The fraction of sp³-hybridized carbons (Fsp3) is 0.632. The fourth-order valence-electron chi connectivity index (χ4n) is 4.50. The Labute approximate surface area is 147 Å². The van der Waals surface area contributed by atoms with E-state index in [0.717, 1.165) is 37.9 Å². The van der Waals surface area contributed by atoms with E-state index in [1.54, 1.807) is 12.4 Å². The molecule has 0 bridgehead atoms. The van der Waals surface area contributed by atoms with Crippen LogP contribution in [0.25, 0.3) is 0 Å². The lowest BCUT2D eigenvalue weighted by Gasteiger charge is -2.42. The van der Waals surface area contributed by atoms with E-state index in [1.807, 2.05) is 21.9 Å². The first-order valence-electron chi connectivity index (χ1n) is 9.22. The zero-order valence-electron chi connectivity index (χ0n) is 14.4. The summed E-state index contributed by atoms with van der Waals surface area (Å²) in [5.41, 5.74) is 0.637. The Morgan fingerprint density at radius 3 is 2.88 bits per heavy atom. The molecule has 6 heteroatoms. The van der Waals surface area contributed by atoms with Crippen LogP contribution in [0.2, 0.25) is 0 Å². The van der Waals surface area contributed by atoms with E-state index in [2.05, 4.69) is 4.98 Å². The molecule has 1 saturated carbocycles. The number of nitrogens with zero attached hydrogens (tertiary/aromatic N) is 3. The molecule has 2 aliphatic heterocycles. The molecule has 6 nitrogen and oxygen atoms in total. The van der Waals surface area contributed by atoms with Gasteiger partial charge in [-0.15, -0.1) is 0 Å². The first kappa shape index (κ1) is 16.5. The largest absolute Gasteiger partial charge is 0.393 e. The molecular weight excluding hydrogens is 318 g/mol. The van der Waals surface area contributed by atoms with Crippen molar-refractivity contribution in [1.29, 1.82) is 0 Å². The van der Waals surface area contributed by atoms with Crippen LogP contribution in [-0.2, 0) is 16.1 Å². The molecule has 1 aromatic rings. The second-order valence-corrected chi connectivity index (χ2v) is 7.80. The first-order chi connectivity index (χ1) is 12.1. The number of carbonyl (C=O) groups excluding carboxylic acids is 2. The van der Waals surface area contributed by atoms with Crippen LogP contribution >= 0.6 is 0 Å². The fourth-order valence-corrected chi connectivity index (χ4v) is 4.50. The van der Waals surface area contributed by atoms with Crippen molar-refractivity contribution >= 4 is 11.8 Å². The molecule has 134 valence electrons. The summed E-state index contributed by atoms with van der Waals surface area (Å²) in [6.45, 7) is 2.62. The summed E-state index contributed by atoms with van der Waals surface area (Å²) >= 11 is 0. The summed E-state index contributed by atoms with van der Waals surface area (Å²) in [6.07, 6.45) is 6.93. The molecule has 1 spiro atoms. The number of hydrogen-bond donors (Lipinski definition) is 1. The topological polar surface area (TPSA) is 73.7 Å². The lowest BCUT2D eigenvalue weighted by molar-refractivity contribution is -0.150. The highest BCUT2D eigenvalue weighted by atomic mass is 16.3. The molecule has 3 aliphatic rings. The van der Waals surface area contributed by atoms with Crippen LogP contribution in [0, 0.1) is 11.3 Å². The van der Waals surface area contributed by atoms with Crippen molar-refractivity contribution in [2.45, 2.75) is 44.8 Å². The molecule has 0 radical (unpaired) electrons. The molecule has 2 amide bonds. The molecule has 25 heavy (non-hydrogen) atoms. The van der Waals surface area contributed by atoms with E-state index in [-0.39, 0.29) is 23.8 Å². The number of carbonyl (C=O) groups is 2. The van der Waals surface area contributed by atoms with Crippen LogP contribution in [0.4, 0.5) is 0 Å². The van der Waals surface area contributed by atoms with Crippen molar-refractivity contribution in [3.05, 3.63) is 30.1 Å². The van der Waals surface area contributed by atoms with Crippen LogP contribution < -0.4 is 0 Å². The highest BCUT2D eigenvalue weighted by Crippen LogP contribution is 2.42. The van der Waals surface area contributed by atoms with Gasteiger partial charge in [0.1, 0.15) is 0 Å². The van der Waals surface area contributed by atoms with Gasteiger partial charge in [-0.05, 0) is 43.7 Å². The number of rotatable bonds is 3. The van der Waals surface area contributed by atoms with Crippen LogP contribution in [0.5, 0.6) is 0 Å². The van der Waals surface area contributed by atoms with Gasteiger partial charge in [0, 0.05) is 44.5 Å². The predicted octanol–water partition coefficient (Wildman–Crippen LogP) is 1.19. The van der Waals surface area contributed by atoms with Gasteiger partial charge in [0.25, 0.3) is 0 Å². The Morgan fingerprint density at radius 2 is 2.16 bits per heavy atom. The maximum atomic E-state index is 13.1. The van der Waals surface area contributed by atoms with Crippen LogP contribution in [0.3, 0.4) is 0 Å². The van der Waals surface area contributed by atoms with Crippen molar-refractivity contribution in [1.82, 2.24) is 14.8 Å². The third-order valence-corrected chi connectivity index (χ3v) is 6.05. The number of aromatic nitrogens is 1. The lowest BCUT2D eigenvalue weighted by Crippen LogP contribution is -2.53. The summed E-state index contributed by atoms with van der Waals surface area (Å²) < 4.78 is 0. The van der Waals surface area contributed by atoms with Gasteiger partial charge in [0.05, 0.1) is 11.5 Å². The normalized spacial score (nSPS) is 32.1. The summed E-state index contributed by atoms with van der Waals surface area (Å²) in [5, 5.41) is 9.45. The minimum absolute atomic E-state index is 0.0480. The van der Waals surface area contributed by atoms with E-state index >= 15 is 0 Å². The summed E-state index contributed by atoms with van der Waals surface area (Å²) in [5.74, 6) is 0.263. The molecule has 0 aromatic carbocycles. The van der Waals surface area contributed by atoms with E-state index in [1.165, 1.54) is 0 Å². The highest BCUT2D eigenvalue weighted by Gasteiger charge is 2.50. The van der Waals surface area contributed by atoms with Crippen LogP contribution in [0.15, 0.2) is 24.5 Å². The second kappa shape index (κ2) is 6.41. The number of pyridine rings is 1. The van der Waals surface area contributed by atoms with Crippen molar-refractivity contribution in [2.24, 2.45) is 11.3 Å². The molecule has 2 saturated heterocycles. The zero-order chi connectivity index (χ0) is 17.4. The summed E-state index contributed by atoms with van der Waals surface area (Å²) in [4.78, 5) is 33.6. The Morgan fingerprint density at radius 1 is 1.32 bits per heavy atom. The predicted molar refractivity (Wildman–Crippen MR) is 91.2 cm³/mol. The summed E-state index contributed by atoms with van der Waals surface area (Å²) in [6, 6.07) is 3.88. The minimum Gasteiger partial charge on any atom is -0.393 e. The Balaban J connectivity index is 1.43. The maximum absolute atomic E-state index is 13.1. The summed E-state index contributed by atoms with van der Waals surface area (Å²) in [7, 11) is 0. The number of amides is 2. The number of likely N-dealkylation sites (tertiary alicyclic amines) is 2. The number of aliphatic hydroxyl groups excluding tert-OH is 1. The van der Waals surface area contributed by atoms with Gasteiger partial charge < -0.3 is 14.9 Å². The molecule has 1 N–H and O–H groups in total. The average Bonchev–Trinajstić information content (AvgIpc) is 2.89. The van der Waals surface area contributed by atoms with Gasteiger partial charge in [0.15, 0.2) is 0 Å². The smallest absolute Gasteiger partial charge is 0.230 e. The van der Waals surface area contributed by atoms with Crippen LogP contribution in [0.1, 0.15) is 37.7 Å². The van der Waals surface area contributed by atoms with Gasteiger partial charge in [-0.25, -0.2) is 0 Å². The minimum atomic E-state index is -0.404. The van der Waals surface area contributed by atoms with Gasteiger partial charge >= 0.3 is 0 Å². The van der Waals surface area contributed by atoms with Crippen LogP contribution in [-0.4, -0.2) is 57.4 Å². The number of piperidine rings is 1. The second-order valence-electron chi connectivity index (χ2n) is 7.80. The molecule has 1 aromatic heterocycles. The van der Waals surface area contributed by atoms with Gasteiger partial charge in [-0.1, -0.05) is 6.07 Å². The Hall–Kier alpha value is -1.95. The Bertz CT molecular complexity index is 659. The molecular formula is C19H25N3O3. The molecule has 1 aliphatic carbocycles. The van der Waals surface area contributed by atoms with Crippen molar-refractivity contribution < 1.29 is 14.7 Å². The monoisotopic (exact) mass is 343 g/mol. The van der Waals surface area contributed by atoms with Crippen molar-refractivity contribution in [3.63, 3.8) is 0 Å². The van der Waals surface area contributed by atoms with Gasteiger partial charge in [-0.2, -0.15) is 0 Å². The zero-order valence-corrected chi connectivity index (χ0v) is 14.4. The van der Waals surface area contributed by atoms with Gasteiger partial charge in [-0.3, -0.25) is 14.6 Å². The molecule has 3 heterocycles. The first-order valence-corrected chi connectivity index (χ1v) is 9.22. The lowest BCUT2D eigenvalue weighted by atomic mass is 9.76. The number of hydrogen-bond acceptors (Lipinski definition) is 4. The maximum Gasteiger partial charge on any atom is 0.230 e. The quantitative estimate of drug-likeness (QED) is 0.895. The molecule has 4 rings (SSSR count). The van der Waals surface area contributed by atoms with E-state index < -0.39 is 5.41 Å². The SMILES string of the molecule is O=C(C1CC(O)C1)N1CCCC2(CCN(Cc3cccnc3)C2=O)C1. The van der Waals surface area contributed by atoms with E-state index in [4.69, 9.17) is 0 Å². The molecule has 3 fully saturated rings. The third-order valence-electron chi connectivity index (χ3n) is 6.05. The number of aliphatic hydroxyl groups is 1. The standard InChI is InChI=1S/C19H25N3O3/c23-16-9-15(10-16)17(24)22-7-2-4-19(13-22)5-8-21(18(19)25)12-14-3-1-6-20-11-14/h1,3,6,11,15-16,23H,2,4-5,7-10,12-13H2.